The highest BCUT2D eigenvalue weighted by atomic mass is 32.2. The number of carbonyl (C=O) groups excluding carboxylic acids is 1. The molecule has 0 spiro atoms. The molecular formula is C97H205N5O10S2. The zero-order valence-electron chi connectivity index (χ0n) is 84.4. The summed E-state index contributed by atoms with van der Waals surface area (Å²) in [6.07, 6.45) is 27.0. The summed E-state index contributed by atoms with van der Waals surface area (Å²) in [6, 6.07) is 26.2. The van der Waals surface area contributed by atoms with Crippen LogP contribution in [-0.4, -0.2) is 150 Å². The predicted molar refractivity (Wildman–Crippen MR) is 522 cm³/mol. The van der Waals surface area contributed by atoms with Gasteiger partial charge in [0.05, 0.1) is 19.6 Å². The van der Waals surface area contributed by atoms with E-state index in [4.69, 9.17) is 10.2 Å². The number of hydrogen-bond donors (Lipinski definition) is 4. The summed E-state index contributed by atoms with van der Waals surface area (Å²) in [4.78, 5) is 30.9. The number of carboxylic acid groups (broad SMARTS) is 2. The number of aryl methyl sites for hydroxylation is 6. The summed E-state index contributed by atoms with van der Waals surface area (Å²) in [5.74, 6) is -1.65. The number of ether oxygens (including phenoxy) is 1. The lowest BCUT2D eigenvalue weighted by atomic mass is 10.1. The maximum absolute atomic E-state index is 11.1. The standard InChI is InChI=1S/3C9H10.C8H15NO2S.C7H16N2O2S.C6H11N.C5H11N.C4H8O2.2C3H6O2.17C2H6/c3*1-2-5-9-7-3-6-8(9)4-1;2*1-3-8-4-6-9(7-5-8)12(2,10)11;1-6-2-4-7-5-3-6;1-2-4-6-5-3-1;1-3-4(5)6-2;2*1-2-3(4)5;17*1-2/h3*1-2,4-5H,3,6-7H2;4H,3,5-7H2,1-2H3;3-7H2,1-2H3;2,7H,3-5H2,1H3;6H,1-5H2;3H2,1-2H3;2*2H2,1H3,(H,4,5);17*1-2H3. The van der Waals surface area contributed by atoms with Crippen LogP contribution in [0.5, 0.6) is 0 Å². The Morgan fingerprint density at radius 2 is 0.649 bits per heavy atom. The van der Waals surface area contributed by atoms with Gasteiger partial charge in [0.2, 0.25) is 20.0 Å². The fourth-order valence-electron chi connectivity index (χ4n) is 8.92. The SMILES string of the molecule is C1CCNCC1.CC.CC.CC.CC.CC.CC.CC.CC.CC.CC.CC.CC.CC.CC.CC.CC.CC.CC1=CCNCC1.CCC(=O)O.CCC(=O)O.CCC(=O)OC.CCC1=CCN(S(C)(=O)=O)CC1.CCN1CCN(S(C)(=O)=O)CC1.c1ccc2c(c1)CCC2.c1ccc2c(c1)CCC2.c1ccc2c(c1)CCC2. The lowest BCUT2D eigenvalue weighted by molar-refractivity contribution is -0.140. The van der Waals surface area contributed by atoms with Crippen LogP contribution < -0.4 is 10.6 Å². The molecule has 15 nitrogen and oxygen atoms in total. The van der Waals surface area contributed by atoms with Gasteiger partial charge in [0.1, 0.15) is 0 Å². The van der Waals surface area contributed by atoms with Crippen LogP contribution in [-0.2, 0) is 77.7 Å². The molecule has 0 saturated carbocycles. The molecule has 2 saturated heterocycles. The van der Waals surface area contributed by atoms with Crippen molar-refractivity contribution in [3.8, 4) is 0 Å². The van der Waals surface area contributed by atoms with Gasteiger partial charge >= 0.3 is 17.9 Å². The molecule has 0 bridgehead atoms. The molecule has 0 amide bonds. The normalized spacial score (nSPS) is 12.8. The van der Waals surface area contributed by atoms with Crippen molar-refractivity contribution in [2.24, 2.45) is 0 Å². The number of rotatable bonds is 7. The number of benzene rings is 3. The molecule has 2 fully saturated rings. The Labute approximate surface area is 717 Å². The van der Waals surface area contributed by atoms with Crippen molar-refractivity contribution < 1.29 is 46.2 Å². The van der Waals surface area contributed by atoms with E-state index in [9.17, 15) is 31.2 Å². The average Bonchev–Trinajstić information content (AvgIpc) is 1.85. The number of carbonyl (C=O) groups is 3. The Balaban J connectivity index is -0.0000000591. The summed E-state index contributed by atoms with van der Waals surface area (Å²) in [5, 5.41) is 22.0. The molecule has 0 unspecified atom stereocenters. The van der Waals surface area contributed by atoms with E-state index in [0.29, 0.717) is 32.6 Å². The van der Waals surface area contributed by atoms with Crippen molar-refractivity contribution >= 4 is 38.0 Å². The number of sulfonamides is 2. The smallest absolute Gasteiger partial charge is 0.305 e. The zero-order chi connectivity index (χ0) is 93.6. The van der Waals surface area contributed by atoms with E-state index < -0.39 is 32.0 Å². The maximum atomic E-state index is 11.1. The Morgan fingerprint density at radius 1 is 0.368 bits per heavy atom. The first-order valence-corrected chi connectivity index (χ1v) is 50.0. The lowest BCUT2D eigenvalue weighted by Gasteiger charge is -2.32. The first-order valence-electron chi connectivity index (χ1n) is 46.3. The fraction of sp³-hybridized carbons (Fsp3) is 0.742. The molecule has 0 atom stereocenters. The molecule has 10 rings (SSSR count). The van der Waals surface area contributed by atoms with Gasteiger partial charge in [-0.25, -0.2) is 16.8 Å². The largest absolute Gasteiger partial charge is 0.481 e. The number of piperidine rings is 1. The molecule has 3 aromatic carbocycles. The van der Waals surface area contributed by atoms with Crippen LogP contribution in [0.3, 0.4) is 0 Å². The highest BCUT2D eigenvalue weighted by Gasteiger charge is 2.22. The second-order valence-electron chi connectivity index (χ2n) is 20.3. The van der Waals surface area contributed by atoms with Gasteiger partial charge in [-0.1, -0.05) is 373 Å². The van der Waals surface area contributed by atoms with Crippen LogP contribution in [0.15, 0.2) is 96.1 Å². The third-order valence-corrected chi connectivity index (χ3v) is 16.7. The van der Waals surface area contributed by atoms with Crippen LogP contribution in [0.4, 0.5) is 0 Å². The van der Waals surface area contributed by atoms with E-state index in [-0.39, 0.29) is 18.8 Å². The minimum atomic E-state index is -2.97. The highest BCUT2D eigenvalue weighted by Crippen LogP contribution is 2.22. The van der Waals surface area contributed by atoms with Crippen molar-refractivity contribution in [3.63, 3.8) is 0 Å². The van der Waals surface area contributed by atoms with Gasteiger partial charge < -0.3 is 30.5 Å². The summed E-state index contributed by atoms with van der Waals surface area (Å²) in [6.45, 7) is 89.3. The second-order valence-corrected chi connectivity index (χ2v) is 24.3. The van der Waals surface area contributed by atoms with Crippen molar-refractivity contribution in [2.45, 2.75) is 393 Å². The number of nitrogens with zero attached hydrogens (tertiary/aromatic N) is 3. The third kappa shape index (κ3) is 111. The molecule has 114 heavy (non-hydrogen) atoms. The molecule has 17 heteroatoms. The van der Waals surface area contributed by atoms with E-state index in [0.717, 1.165) is 39.0 Å². The van der Waals surface area contributed by atoms with Gasteiger partial charge in [-0.3, -0.25) is 14.4 Å². The van der Waals surface area contributed by atoms with Gasteiger partial charge in [0.15, 0.2) is 0 Å². The number of carboxylic acids is 2. The van der Waals surface area contributed by atoms with Gasteiger partial charge in [-0.05, 0) is 156 Å². The van der Waals surface area contributed by atoms with Crippen molar-refractivity contribution in [2.75, 3.05) is 91.6 Å². The third-order valence-electron chi connectivity index (χ3n) is 14.1. The molecule has 4 N–H and O–H groups in total. The van der Waals surface area contributed by atoms with E-state index in [2.05, 4.69) is 120 Å². The monoisotopic (exact) mass is 1660 g/mol. The first kappa shape index (κ1) is 150. The topological polar surface area (TPSA) is 203 Å². The maximum Gasteiger partial charge on any atom is 0.305 e. The van der Waals surface area contributed by atoms with Crippen molar-refractivity contribution in [1.82, 2.24) is 24.1 Å². The quantitative estimate of drug-likeness (QED) is 0.129. The number of fused-ring (bicyclic) bond motifs is 3. The van der Waals surface area contributed by atoms with Crippen LogP contribution in [0, 0.1) is 0 Å². The number of aliphatic carboxylic acids is 2. The number of piperazine rings is 1. The first-order chi connectivity index (χ1) is 55.2. The number of esters is 1. The fourth-order valence-corrected chi connectivity index (χ4v) is 10.5. The van der Waals surface area contributed by atoms with Crippen LogP contribution in [0.1, 0.15) is 387 Å². The van der Waals surface area contributed by atoms with Gasteiger partial charge in [-0.2, -0.15) is 8.61 Å². The Bertz CT molecular complexity index is 2260. The number of methoxy groups -OCH3 is 1. The lowest BCUT2D eigenvalue weighted by Crippen LogP contribution is -2.48. The van der Waals surface area contributed by atoms with Gasteiger partial charge in [0, 0.05) is 65.1 Å². The summed E-state index contributed by atoms with van der Waals surface area (Å²) < 4.78 is 51.6. The number of likely N-dealkylation sites (N-methyl/N-ethyl adjacent to an activating group) is 1. The van der Waals surface area contributed by atoms with Crippen molar-refractivity contribution in [1.29, 1.82) is 0 Å². The molecule has 7 aliphatic rings. The Morgan fingerprint density at radius 3 is 0.789 bits per heavy atom. The minimum Gasteiger partial charge on any atom is -0.481 e. The minimum absolute atomic E-state index is 0.157. The molecule has 0 aromatic heterocycles. The van der Waals surface area contributed by atoms with E-state index in [1.807, 2.05) is 241 Å². The van der Waals surface area contributed by atoms with E-state index in [1.165, 1.54) is 138 Å². The zero-order valence-corrected chi connectivity index (χ0v) is 86.0. The van der Waals surface area contributed by atoms with Crippen LogP contribution >= 0.6 is 0 Å². The molecule has 0 radical (unpaired) electrons. The van der Waals surface area contributed by atoms with E-state index >= 15 is 0 Å². The van der Waals surface area contributed by atoms with Gasteiger partial charge in [0.25, 0.3) is 0 Å². The Hall–Kier alpha value is -4.75. The predicted octanol–water partition coefficient (Wildman–Crippen LogP) is 27.8. The van der Waals surface area contributed by atoms with Crippen LogP contribution in [0.25, 0.3) is 0 Å². The summed E-state index contributed by atoms with van der Waals surface area (Å²) >= 11 is 0. The molecule has 4 aliphatic heterocycles. The Kier molecular flexibility index (Phi) is 181. The summed E-state index contributed by atoms with van der Waals surface area (Å²) in [7, 11) is -4.54. The van der Waals surface area contributed by atoms with Crippen molar-refractivity contribution in [3.05, 3.63) is 129 Å². The van der Waals surface area contributed by atoms with Gasteiger partial charge in [-0.15, -0.1) is 0 Å². The molecule has 4 heterocycles. The summed E-state index contributed by atoms with van der Waals surface area (Å²) in [5.41, 5.74) is 12.3. The van der Waals surface area contributed by atoms with Crippen LogP contribution in [0.2, 0.25) is 0 Å². The average molecular weight is 1670 g/mol. The van der Waals surface area contributed by atoms with E-state index in [1.54, 1.807) is 58.5 Å². The number of nitrogens with one attached hydrogen (secondary N) is 2. The molecule has 690 valence electrons. The molecule has 3 aliphatic carbocycles. The highest BCUT2D eigenvalue weighted by molar-refractivity contribution is 7.88. The molecule has 3 aromatic rings. The second kappa shape index (κ2) is 137. The number of hydrogen-bond acceptors (Lipinski definition) is 11. The molecular weight excluding hydrogens is 1460 g/mol.